The van der Waals surface area contributed by atoms with Gasteiger partial charge in [0, 0.05) is 6.54 Å². The van der Waals surface area contributed by atoms with Gasteiger partial charge in [0.1, 0.15) is 5.67 Å². The highest BCUT2D eigenvalue weighted by molar-refractivity contribution is 6.07. The van der Waals surface area contributed by atoms with Crippen molar-refractivity contribution in [2.45, 2.75) is 44.1 Å². The molecule has 0 radical (unpaired) electrons. The highest BCUT2D eigenvalue weighted by Crippen LogP contribution is 2.40. The molecule has 0 bridgehead atoms. The number of carbonyl (C=O) groups is 1. The van der Waals surface area contributed by atoms with E-state index in [0.29, 0.717) is 42.8 Å². The van der Waals surface area contributed by atoms with Gasteiger partial charge in [0.2, 0.25) is 5.91 Å². The average Bonchev–Trinajstić information content (AvgIpc) is 2.99. The van der Waals surface area contributed by atoms with Crippen LogP contribution in [0, 0.1) is 11.8 Å². The van der Waals surface area contributed by atoms with E-state index in [1.807, 2.05) is 0 Å². The van der Waals surface area contributed by atoms with Crippen molar-refractivity contribution >= 4 is 17.3 Å². The third-order valence-electron chi connectivity index (χ3n) is 5.86. The molecular weight excluding hydrogens is 338 g/mol. The zero-order valence-electron chi connectivity index (χ0n) is 14.6. The van der Waals surface area contributed by atoms with Crippen molar-refractivity contribution in [2.75, 3.05) is 18.1 Å². The molecule has 1 aromatic carbocycles. The first kappa shape index (κ1) is 17.4. The van der Waals surface area contributed by atoms with Crippen LogP contribution in [-0.2, 0) is 10.5 Å². The van der Waals surface area contributed by atoms with E-state index in [-0.39, 0.29) is 0 Å². The fraction of sp³-hybridized carbons (Fsp3) is 0.579. The number of amides is 1. The first-order chi connectivity index (χ1) is 12.5. The fourth-order valence-electron chi connectivity index (χ4n) is 4.38. The second kappa shape index (κ2) is 6.61. The molecule has 4 rings (SSSR count). The minimum atomic E-state index is -1.38. The third kappa shape index (κ3) is 2.88. The Morgan fingerprint density at radius 1 is 1.27 bits per heavy atom. The minimum absolute atomic E-state index is 0.298. The van der Waals surface area contributed by atoms with E-state index in [2.05, 4.69) is 10.4 Å². The lowest BCUT2D eigenvalue weighted by Gasteiger charge is -2.31. The van der Waals surface area contributed by atoms with Gasteiger partial charge < -0.3 is 11.1 Å². The lowest BCUT2D eigenvalue weighted by Crippen LogP contribution is -2.40. The van der Waals surface area contributed by atoms with E-state index in [1.165, 1.54) is 5.01 Å². The highest BCUT2D eigenvalue weighted by atomic mass is 19.1. The van der Waals surface area contributed by atoms with Crippen LogP contribution in [-0.4, -0.2) is 31.0 Å². The molecule has 7 heteroatoms. The largest absolute Gasteiger partial charge is 0.369 e. The van der Waals surface area contributed by atoms with Gasteiger partial charge in [-0.15, -0.1) is 0 Å². The van der Waals surface area contributed by atoms with Gasteiger partial charge in [-0.3, -0.25) is 4.79 Å². The number of nitrogens with two attached hydrogens (primary N) is 1. The Kier molecular flexibility index (Phi) is 4.42. The van der Waals surface area contributed by atoms with Crippen LogP contribution in [0.15, 0.2) is 29.4 Å². The van der Waals surface area contributed by atoms with Gasteiger partial charge >= 0.3 is 0 Å². The van der Waals surface area contributed by atoms with E-state index in [0.717, 1.165) is 19.4 Å². The second-order valence-electron chi connectivity index (χ2n) is 7.53. The van der Waals surface area contributed by atoms with Crippen LogP contribution in [0.2, 0.25) is 0 Å². The average molecular weight is 362 g/mol. The first-order valence-corrected chi connectivity index (χ1v) is 9.31. The molecule has 2 aliphatic heterocycles. The summed E-state index contributed by atoms with van der Waals surface area (Å²) in [7, 11) is 0. The molecular formula is C19H24F2N4O. The van der Waals surface area contributed by atoms with Crippen LogP contribution < -0.4 is 16.1 Å². The molecule has 4 atom stereocenters. The van der Waals surface area contributed by atoms with E-state index in [1.54, 1.807) is 24.3 Å². The number of alkyl halides is 2. The summed E-state index contributed by atoms with van der Waals surface area (Å²) in [6, 6.07) is 6.84. The van der Waals surface area contributed by atoms with Gasteiger partial charge in [0.25, 0.3) is 0 Å². The van der Waals surface area contributed by atoms with Gasteiger partial charge in [-0.05, 0) is 49.9 Å². The number of piperidine rings is 1. The number of rotatable bonds is 3. The lowest BCUT2D eigenvalue weighted by molar-refractivity contribution is -0.120. The van der Waals surface area contributed by atoms with Crippen molar-refractivity contribution in [1.82, 2.24) is 5.32 Å². The SMILES string of the molecule is NC(=O)C1CCCC2C1=NN(c1ccc([C@]3(F)CCCNC3)cc1)C2F. The number of halogens is 2. The maximum atomic E-state index is 15.0. The maximum Gasteiger partial charge on any atom is 0.226 e. The number of benzene rings is 1. The van der Waals surface area contributed by atoms with Crippen LogP contribution in [0.3, 0.4) is 0 Å². The summed E-state index contributed by atoms with van der Waals surface area (Å²) < 4.78 is 30.0. The third-order valence-corrected chi connectivity index (χ3v) is 5.86. The van der Waals surface area contributed by atoms with Crippen LogP contribution in [0.1, 0.15) is 37.7 Å². The topological polar surface area (TPSA) is 70.7 Å². The summed E-state index contributed by atoms with van der Waals surface area (Å²) in [6.45, 7) is 1.13. The number of hydrogen-bond donors (Lipinski definition) is 2. The van der Waals surface area contributed by atoms with Crippen molar-refractivity contribution in [3.05, 3.63) is 29.8 Å². The van der Waals surface area contributed by atoms with Crippen LogP contribution in [0.5, 0.6) is 0 Å². The molecule has 5 nitrogen and oxygen atoms in total. The Morgan fingerprint density at radius 3 is 2.69 bits per heavy atom. The molecule has 0 aromatic heterocycles. The molecule has 0 spiro atoms. The predicted octanol–water partition coefficient (Wildman–Crippen LogP) is 2.61. The van der Waals surface area contributed by atoms with Crippen molar-refractivity contribution in [1.29, 1.82) is 0 Å². The summed E-state index contributed by atoms with van der Waals surface area (Å²) in [5, 5.41) is 8.79. The van der Waals surface area contributed by atoms with Crippen molar-refractivity contribution in [3.8, 4) is 0 Å². The molecule has 1 saturated carbocycles. The standard InChI is InChI=1S/C19H24F2N4O/c20-17-14-3-1-4-15(18(22)26)16(14)24-25(17)13-7-5-12(6-8-13)19(21)9-2-10-23-11-19/h5-8,14-15,17,23H,1-4,9-11H2,(H2,22,26)/t14?,15?,17?,19-/m0/s1. The number of anilines is 1. The Bertz CT molecular complexity index is 715. The maximum absolute atomic E-state index is 15.0. The molecule has 3 unspecified atom stereocenters. The summed E-state index contributed by atoms with van der Waals surface area (Å²) in [5.74, 6) is -1.32. The monoisotopic (exact) mass is 362 g/mol. The molecule has 3 aliphatic rings. The number of hydrogen-bond acceptors (Lipinski definition) is 4. The predicted molar refractivity (Wildman–Crippen MR) is 96.2 cm³/mol. The number of nitrogens with one attached hydrogen (secondary N) is 1. The van der Waals surface area contributed by atoms with Crippen LogP contribution >= 0.6 is 0 Å². The first-order valence-electron chi connectivity index (χ1n) is 9.31. The second-order valence-corrected chi connectivity index (χ2v) is 7.53. The van der Waals surface area contributed by atoms with E-state index < -0.39 is 29.7 Å². The smallest absolute Gasteiger partial charge is 0.226 e. The highest BCUT2D eigenvalue weighted by Gasteiger charge is 2.45. The summed E-state index contributed by atoms with van der Waals surface area (Å²) in [5.41, 5.74) is 5.80. The Balaban J connectivity index is 1.58. The van der Waals surface area contributed by atoms with E-state index in [9.17, 15) is 9.18 Å². The number of hydrazone groups is 1. The Hall–Kier alpha value is -2.02. The zero-order chi connectivity index (χ0) is 18.3. The summed E-state index contributed by atoms with van der Waals surface area (Å²) in [4.78, 5) is 11.7. The molecule has 1 saturated heterocycles. The van der Waals surface area contributed by atoms with Crippen LogP contribution in [0.4, 0.5) is 14.5 Å². The molecule has 2 heterocycles. The quantitative estimate of drug-likeness (QED) is 0.812. The lowest BCUT2D eigenvalue weighted by atomic mass is 9.79. The van der Waals surface area contributed by atoms with Gasteiger partial charge in [-0.2, -0.15) is 5.10 Å². The van der Waals surface area contributed by atoms with Gasteiger partial charge in [0.15, 0.2) is 6.30 Å². The molecule has 1 amide bonds. The van der Waals surface area contributed by atoms with Crippen molar-refractivity contribution in [3.63, 3.8) is 0 Å². The molecule has 140 valence electrons. The fourth-order valence-corrected chi connectivity index (χ4v) is 4.38. The van der Waals surface area contributed by atoms with Gasteiger partial charge in [-0.1, -0.05) is 18.6 Å². The molecule has 2 fully saturated rings. The van der Waals surface area contributed by atoms with Gasteiger partial charge in [-0.25, -0.2) is 13.8 Å². The van der Waals surface area contributed by atoms with Gasteiger partial charge in [0.05, 0.1) is 23.2 Å². The summed E-state index contributed by atoms with van der Waals surface area (Å²) >= 11 is 0. The Labute approximate surface area is 151 Å². The van der Waals surface area contributed by atoms with Crippen molar-refractivity contribution in [2.24, 2.45) is 22.7 Å². The number of carbonyl (C=O) groups excluding carboxylic acids is 1. The normalized spacial score (nSPS) is 34.3. The Morgan fingerprint density at radius 2 is 2.04 bits per heavy atom. The molecule has 1 aliphatic carbocycles. The zero-order valence-corrected chi connectivity index (χ0v) is 14.6. The number of nitrogens with zero attached hydrogens (tertiary/aromatic N) is 2. The van der Waals surface area contributed by atoms with Crippen LogP contribution in [0.25, 0.3) is 0 Å². The van der Waals surface area contributed by atoms with Crippen molar-refractivity contribution < 1.29 is 13.6 Å². The number of fused-ring (bicyclic) bond motifs is 1. The molecule has 26 heavy (non-hydrogen) atoms. The molecule has 1 aromatic rings. The number of primary amides is 1. The molecule has 3 N–H and O–H groups in total. The van der Waals surface area contributed by atoms with E-state index >= 15 is 4.39 Å². The summed E-state index contributed by atoms with van der Waals surface area (Å²) in [6.07, 6.45) is 2.02. The van der Waals surface area contributed by atoms with E-state index in [4.69, 9.17) is 5.73 Å². The minimum Gasteiger partial charge on any atom is -0.369 e.